The van der Waals surface area contributed by atoms with E-state index in [2.05, 4.69) is 5.10 Å². The first kappa shape index (κ1) is 19.1. The van der Waals surface area contributed by atoms with E-state index < -0.39 is 6.04 Å². The monoisotopic (exact) mass is 370 g/mol. The van der Waals surface area contributed by atoms with Crippen molar-refractivity contribution < 1.29 is 14.3 Å². The Morgan fingerprint density at radius 3 is 2.56 bits per heavy atom. The lowest BCUT2D eigenvalue weighted by Crippen LogP contribution is -2.39. The highest BCUT2D eigenvalue weighted by Crippen LogP contribution is 2.27. The highest BCUT2D eigenvalue weighted by Gasteiger charge is 2.41. The molecule has 2 heterocycles. The Kier molecular flexibility index (Phi) is 5.60. The molecule has 2 amide bonds. The van der Waals surface area contributed by atoms with E-state index in [0.29, 0.717) is 18.8 Å². The average molecular weight is 370 g/mol. The summed E-state index contributed by atoms with van der Waals surface area (Å²) in [7, 11) is 3.74. The van der Waals surface area contributed by atoms with Gasteiger partial charge in [-0.25, -0.2) is 4.90 Å². The first-order valence-electron chi connectivity index (χ1n) is 9.19. The quantitative estimate of drug-likeness (QED) is 0.700. The van der Waals surface area contributed by atoms with Crippen molar-refractivity contribution in [3.8, 4) is 5.75 Å². The Morgan fingerprint density at radius 1 is 1.26 bits per heavy atom. The minimum Gasteiger partial charge on any atom is -0.494 e. The largest absolute Gasteiger partial charge is 0.494 e. The normalized spacial score (nSPS) is 17.2. The molecule has 0 N–H and O–H groups in total. The molecule has 27 heavy (non-hydrogen) atoms. The summed E-state index contributed by atoms with van der Waals surface area (Å²) in [5, 5.41) is 4.33. The predicted octanol–water partition coefficient (Wildman–Crippen LogP) is 2.28. The molecule has 3 rings (SSSR count). The molecule has 0 bridgehead atoms. The van der Waals surface area contributed by atoms with Crippen LogP contribution in [0.2, 0.25) is 0 Å². The number of carbonyl (C=O) groups is 2. The van der Waals surface area contributed by atoms with Gasteiger partial charge in [0.25, 0.3) is 5.91 Å². The van der Waals surface area contributed by atoms with Crippen LogP contribution < -0.4 is 9.64 Å². The minimum absolute atomic E-state index is 0.179. The summed E-state index contributed by atoms with van der Waals surface area (Å²) in [4.78, 5) is 28.6. The molecule has 2 aromatic rings. The smallest absolute Gasteiger partial charge is 0.251 e. The van der Waals surface area contributed by atoms with Crippen LogP contribution in [0, 0.1) is 6.92 Å². The van der Waals surface area contributed by atoms with Gasteiger partial charge in [0.2, 0.25) is 5.91 Å². The molecular weight excluding hydrogens is 344 g/mol. The van der Waals surface area contributed by atoms with Crippen LogP contribution in [-0.2, 0) is 23.2 Å². The number of carbonyl (C=O) groups excluding carboxylic acids is 2. The molecular formula is C20H26N4O3. The van der Waals surface area contributed by atoms with Crippen molar-refractivity contribution in [1.82, 2.24) is 14.7 Å². The lowest BCUT2D eigenvalue weighted by atomic mass is 10.2. The van der Waals surface area contributed by atoms with Crippen LogP contribution >= 0.6 is 0 Å². The molecule has 0 unspecified atom stereocenters. The molecule has 1 saturated heterocycles. The van der Waals surface area contributed by atoms with E-state index in [1.807, 2.05) is 39.0 Å². The Hall–Kier alpha value is -2.67. The van der Waals surface area contributed by atoms with Gasteiger partial charge in [0.05, 0.1) is 30.5 Å². The van der Waals surface area contributed by atoms with Crippen LogP contribution in [0.1, 0.15) is 31.0 Å². The molecule has 7 heteroatoms. The number of hydrogen-bond acceptors (Lipinski definition) is 5. The SMILES string of the molecule is CCCOc1ccc(N2C(=O)C[C@H](N(C)Cc3cn(C)nc3C)C2=O)cc1. The van der Waals surface area contributed by atoms with Crippen LogP contribution in [0.3, 0.4) is 0 Å². The number of rotatable bonds is 7. The molecule has 0 saturated carbocycles. The highest BCUT2D eigenvalue weighted by atomic mass is 16.5. The number of aryl methyl sites for hydroxylation is 2. The van der Waals surface area contributed by atoms with Gasteiger partial charge in [0.15, 0.2) is 0 Å². The van der Waals surface area contributed by atoms with E-state index in [1.54, 1.807) is 28.9 Å². The lowest BCUT2D eigenvalue weighted by molar-refractivity contribution is -0.122. The summed E-state index contributed by atoms with van der Waals surface area (Å²) in [5.74, 6) is 0.369. The Bertz CT molecular complexity index is 828. The molecule has 1 atom stereocenters. The van der Waals surface area contributed by atoms with Gasteiger partial charge in [-0.15, -0.1) is 0 Å². The highest BCUT2D eigenvalue weighted by molar-refractivity contribution is 6.22. The first-order chi connectivity index (χ1) is 12.9. The van der Waals surface area contributed by atoms with Gasteiger partial charge in [-0.1, -0.05) is 6.92 Å². The number of ether oxygens (including phenoxy) is 1. The summed E-state index contributed by atoms with van der Waals surface area (Å²) in [5.41, 5.74) is 2.57. The van der Waals surface area contributed by atoms with Gasteiger partial charge < -0.3 is 4.74 Å². The molecule has 0 radical (unpaired) electrons. The van der Waals surface area contributed by atoms with Gasteiger partial charge in [0.1, 0.15) is 5.75 Å². The maximum atomic E-state index is 12.9. The molecule has 1 aromatic heterocycles. The van der Waals surface area contributed by atoms with Gasteiger partial charge in [-0.3, -0.25) is 19.2 Å². The van der Waals surface area contributed by atoms with Crippen molar-refractivity contribution in [2.24, 2.45) is 7.05 Å². The molecule has 1 fully saturated rings. The second-order valence-corrected chi connectivity index (χ2v) is 6.96. The van der Waals surface area contributed by atoms with Crippen LogP contribution in [0.15, 0.2) is 30.5 Å². The second kappa shape index (κ2) is 7.92. The fourth-order valence-corrected chi connectivity index (χ4v) is 3.33. The molecule has 7 nitrogen and oxygen atoms in total. The molecule has 1 aromatic carbocycles. The Labute approximate surface area is 159 Å². The summed E-state index contributed by atoms with van der Waals surface area (Å²) >= 11 is 0. The van der Waals surface area contributed by atoms with Gasteiger partial charge >= 0.3 is 0 Å². The molecule has 0 aliphatic carbocycles. The maximum absolute atomic E-state index is 12.9. The third kappa shape index (κ3) is 4.03. The van der Waals surface area contributed by atoms with Gasteiger partial charge in [-0.2, -0.15) is 5.10 Å². The number of likely N-dealkylation sites (N-methyl/N-ethyl adjacent to an activating group) is 1. The Balaban J connectivity index is 1.71. The van der Waals surface area contributed by atoms with Gasteiger partial charge in [0, 0.05) is 25.4 Å². The minimum atomic E-state index is -0.465. The fraction of sp³-hybridized carbons (Fsp3) is 0.450. The van der Waals surface area contributed by atoms with Crippen molar-refractivity contribution in [2.45, 2.75) is 39.3 Å². The van der Waals surface area contributed by atoms with Gasteiger partial charge in [-0.05, 0) is 44.7 Å². The van der Waals surface area contributed by atoms with Crippen molar-refractivity contribution in [2.75, 3.05) is 18.6 Å². The van der Waals surface area contributed by atoms with Crippen LogP contribution in [0.25, 0.3) is 0 Å². The zero-order chi connectivity index (χ0) is 19.6. The molecule has 0 spiro atoms. The Morgan fingerprint density at radius 2 is 1.96 bits per heavy atom. The van der Waals surface area contributed by atoms with E-state index >= 15 is 0 Å². The average Bonchev–Trinajstić information content (AvgIpc) is 3.11. The number of benzene rings is 1. The van der Waals surface area contributed by atoms with Crippen LogP contribution in [0.4, 0.5) is 5.69 Å². The van der Waals surface area contributed by atoms with E-state index in [9.17, 15) is 9.59 Å². The predicted molar refractivity (Wildman–Crippen MR) is 103 cm³/mol. The second-order valence-electron chi connectivity index (χ2n) is 6.96. The fourth-order valence-electron chi connectivity index (χ4n) is 3.33. The molecule has 1 aliphatic rings. The summed E-state index contributed by atoms with van der Waals surface area (Å²) in [6.07, 6.45) is 3.05. The number of hydrogen-bond donors (Lipinski definition) is 0. The van der Waals surface area contributed by atoms with E-state index in [-0.39, 0.29) is 18.2 Å². The first-order valence-corrected chi connectivity index (χ1v) is 9.19. The molecule has 1 aliphatic heterocycles. The third-order valence-electron chi connectivity index (χ3n) is 4.76. The number of imide groups is 1. The maximum Gasteiger partial charge on any atom is 0.251 e. The number of anilines is 1. The van der Waals surface area contributed by atoms with E-state index in [0.717, 1.165) is 23.4 Å². The number of nitrogens with zero attached hydrogens (tertiary/aromatic N) is 4. The zero-order valence-corrected chi connectivity index (χ0v) is 16.3. The lowest BCUT2D eigenvalue weighted by Gasteiger charge is -2.22. The molecule has 144 valence electrons. The van der Waals surface area contributed by atoms with Crippen LogP contribution in [0.5, 0.6) is 5.75 Å². The summed E-state index contributed by atoms with van der Waals surface area (Å²) in [6, 6.07) is 6.64. The standard InChI is InChI=1S/C20H26N4O3/c1-5-10-27-17-8-6-16(7-9-17)24-19(25)11-18(20(24)26)22(3)12-15-13-23(4)21-14(15)2/h6-9,13,18H,5,10-12H2,1-4H3/t18-/m0/s1. The van der Waals surface area contributed by atoms with Crippen molar-refractivity contribution in [3.05, 3.63) is 41.7 Å². The van der Waals surface area contributed by atoms with Crippen molar-refractivity contribution >= 4 is 17.5 Å². The third-order valence-corrected chi connectivity index (χ3v) is 4.76. The van der Waals surface area contributed by atoms with E-state index in [1.165, 1.54) is 4.90 Å². The number of aromatic nitrogens is 2. The van der Waals surface area contributed by atoms with E-state index in [4.69, 9.17) is 4.74 Å². The van der Waals surface area contributed by atoms with Crippen molar-refractivity contribution in [3.63, 3.8) is 0 Å². The summed E-state index contributed by atoms with van der Waals surface area (Å²) < 4.78 is 7.32. The topological polar surface area (TPSA) is 67.7 Å². The zero-order valence-electron chi connectivity index (χ0n) is 16.3. The number of amides is 2. The van der Waals surface area contributed by atoms with Crippen molar-refractivity contribution in [1.29, 1.82) is 0 Å². The summed E-state index contributed by atoms with van der Waals surface area (Å²) in [6.45, 7) is 5.20. The van der Waals surface area contributed by atoms with Crippen LogP contribution in [-0.4, -0.2) is 46.2 Å².